The highest BCUT2D eigenvalue weighted by Gasteiger charge is 2.14. The van der Waals surface area contributed by atoms with Gasteiger partial charge < -0.3 is 19.7 Å². The fourth-order valence-corrected chi connectivity index (χ4v) is 2.02. The van der Waals surface area contributed by atoms with Gasteiger partial charge in [0, 0.05) is 26.3 Å². The fourth-order valence-electron chi connectivity index (χ4n) is 2.02. The molecule has 2 aliphatic heterocycles. The number of hydrogen-bond acceptors (Lipinski definition) is 3. The first kappa shape index (κ1) is 29.7. The lowest BCUT2D eigenvalue weighted by Crippen LogP contribution is -2.43. The van der Waals surface area contributed by atoms with Crippen LogP contribution in [0.4, 0.5) is 4.79 Å². The molecule has 2 rings (SSSR count). The van der Waals surface area contributed by atoms with E-state index in [-0.39, 0.29) is 12.6 Å². The molecule has 0 bridgehead atoms. The van der Waals surface area contributed by atoms with Crippen molar-refractivity contribution in [3.63, 3.8) is 0 Å². The van der Waals surface area contributed by atoms with Gasteiger partial charge >= 0.3 is 6.03 Å². The number of carbonyl (C=O) groups is 2. The molecule has 2 aliphatic rings. The average Bonchev–Trinajstić information content (AvgIpc) is 2.71. The van der Waals surface area contributed by atoms with Crippen LogP contribution in [-0.2, 0) is 9.53 Å². The summed E-state index contributed by atoms with van der Waals surface area (Å²) in [5.74, 6) is 0.833. The molecular formula is C21H46N2O3. The third-order valence-corrected chi connectivity index (χ3v) is 3.06. The maximum absolute atomic E-state index is 11.2. The van der Waals surface area contributed by atoms with E-state index in [0.29, 0.717) is 6.29 Å². The number of aldehydes is 1. The Morgan fingerprint density at radius 3 is 1.65 bits per heavy atom. The molecule has 0 aromatic rings. The molecule has 2 fully saturated rings. The number of rotatable bonds is 2. The standard InChI is InChI=1S/C8H14N2O2.C5H10O.C4H10.2C2H6/c11-7-4-9-8(12)10-5-2-1-3-6-10;1-2-4-6-5-3-1;1-4(2)3;2*1-2/h7H,1-6H2,(H,9,12);1-5H2;4H,1-3H3;2*1-2H3. The molecule has 0 spiro atoms. The Morgan fingerprint density at radius 1 is 0.923 bits per heavy atom. The predicted octanol–water partition coefficient (Wildman–Crippen LogP) is 5.28. The molecule has 2 saturated heterocycles. The molecule has 0 atom stereocenters. The van der Waals surface area contributed by atoms with Crippen LogP contribution in [0.5, 0.6) is 0 Å². The SMILES string of the molecule is C1CCOCC1.CC.CC.CC(C)C.O=CCNC(=O)N1CCCCC1. The van der Waals surface area contributed by atoms with Crippen LogP contribution in [0.25, 0.3) is 0 Å². The molecule has 0 aromatic heterocycles. The van der Waals surface area contributed by atoms with Gasteiger partial charge in [-0.3, -0.25) is 0 Å². The van der Waals surface area contributed by atoms with Gasteiger partial charge in [-0.2, -0.15) is 0 Å². The molecule has 0 radical (unpaired) electrons. The minimum absolute atomic E-state index is 0.109. The van der Waals surface area contributed by atoms with Gasteiger partial charge in [0.2, 0.25) is 0 Å². The molecule has 26 heavy (non-hydrogen) atoms. The first-order chi connectivity index (χ1) is 12.6. The zero-order chi connectivity index (χ0) is 20.6. The number of hydrogen-bond donors (Lipinski definition) is 1. The molecule has 158 valence electrons. The Morgan fingerprint density at radius 2 is 1.35 bits per heavy atom. The van der Waals surface area contributed by atoms with Crippen LogP contribution in [0.15, 0.2) is 0 Å². The summed E-state index contributed by atoms with van der Waals surface area (Å²) in [6.07, 6.45) is 7.99. The maximum atomic E-state index is 11.2. The Kier molecular flexibility index (Phi) is 29.8. The lowest BCUT2D eigenvalue weighted by Gasteiger charge is -2.26. The number of amides is 2. The van der Waals surface area contributed by atoms with Gasteiger partial charge in [0.15, 0.2) is 0 Å². The molecule has 2 heterocycles. The van der Waals surface area contributed by atoms with Gasteiger partial charge in [-0.05, 0) is 44.4 Å². The van der Waals surface area contributed by atoms with Crippen molar-refractivity contribution in [2.24, 2.45) is 5.92 Å². The third kappa shape index (κ3) is 25.1. The lowest BCUT2D eigenvalue weighted by atomic mass is 10.1. The Labute approximate surface area is 163 Å². The molecule has 1 N–H and O–H groups in total. The van der Waals surface area contributed by atoms with Gasteiger partial charge in [0.25, 0.3) is 0 Å². The van der Waals surface area contributed by atoms with E-state index in [1.807, 2.05) is 27.7 Å². The van der Waals surface area contributed by atoms with Crippen molar-refractivity contribution in [1.82, 2.24) is 10.2 Å². The summed E-state index contributed by atoms with van der Waals surface area (Å²) in [4.78, 5) is 22.9. The Hall–Kier alpha value is -1.10. The predicted molar refractivity (Wildman–Crippen MR) is 113 cm³/mol. The second kappa shape index (κ2) is 26.1. The summed E-state index contributed by atoms with van der Waals surface area (Å²) in [5, 5.41) is 2.52. The fraction of sp³-hybridized carbons (Fsp3) is 0.905. The molecule has 2 amide bonds. The van der Waals surface area contributed by atoms with Crippen LogP contribution in [0.2, 0.25) is 0 Å². The van der Waals surface area contributed by atoms with E-state index in [1.54, 1.807) is 4.90 Å². The van der Waals surface area contributed by atoms with Crippen molar-refractivity contribution >= 4 is 12.3 Å². The van der Waals surface area contributed by atoms with Crippen molar-refractivity contribution in [3.8, 4) is 0 Å². The van der Waals surface area contributed by atoms with E-state index in [0.717, 1.165) is 45.1 Å². The highest BCUT2D eigenvalue weighted by molar-refractivity contribution is 5.76. The quantitative estimate of drug-likeness (QED) is 0.669. The smallest absolute Gasteiger partial charge is 0.317 e. The Bertz CT molecular complexity index is 260. The molecule has 0 aromatic carbocycles. The van der Waals surface area contributed by atoms with Crippen molar-refractivity contribution < 1.29 is 14.3 Å². The number of urea groups is 1. The number of carbonyl (C=O) groups excluding carboxylic acids is 2. The topological polar surface area (TPSA) is 58.6 Å². The van der Waals surface area contributed by atoms with Crippen molar-refractivity contribution in [1.29, 1.82) is 0 Å². The second-order valence-corrected chi connectivity index (χ2v) is 6.31. The Balaban J connectivity index is -0.000000317. The summed E-state index contributed by atoms with van der Waals surface area (Å²) < 4.78 is 5.07. The van der Waals surface area contributed by atoms with E-state index in [2.05, 4.69) is 26.1 Å². The van der Waals surface area contributed by atoms with Gasteiger partial charge in [0.1, 0.15) is 6.29 Å². The van der Waals surface area contributed by atoms with E-state index in [1.165, 1.54) is 25.7 Å². The van der Waals surface area contributed by atoms with Gasteiger partial charge in [0.05, 0.1) is 6.54 Å². The van der Waals surface area contributed by atoms with Crippen molar-refractivity contribution in [3.05, 3.63) is 0 Å². The number of piperidine rings is 1. The summed E-state index contributed by atoms with van der Waals surface area (Å²) in [6.45, 7) is 18.3. The normalized spacial score (nSPS) is 15.3. The first-order valence-electron chi connectivity index (χ1n) is 10.6. The van der Waals surface area contributed by atoms with Crippen molar-refractivity contribution in [2.75, 3.05) is 32.8 Å². The number of likely N-dealkylation sites (tertiary alicyclic amines) is 1. The molecule has 5 heteroatoms. The van der Waals surface area contributed by atoms with E-state index in [9.17, 15) is 9.59 Å². The van der Waals surface area contributed by atoms with Crippen LogP contribution in [-0.4, -0.2) is 50.1 Å². The minimum atomic E-state index is -0.109. The molecule has 0 saturated carbocycles. The zero-order valence-corrected chi connectivity index (χ0v) is 18.6. The summed E-state index contributed by atoms with van der Waals surface area (Å²) in [5.41, 5.74) is 0. The van der Waals surface area contributed by atoms with Crippen LogP contribution < -0.4 is 5.32 Å². The van der Waals surface area contributed by atoms with E-state index >= 15 is 0 Å². The zero-order valence-electron chi connectivity index (χ0n) is 18.6. The number of ether oxygens (including phenoxy) is 1. The number of nitrogens with one attached hydrogen (secondary N) is 1. The maximum Gasteiger partial charge on any atom is 0.317 e. The minimum Gasteiger partial charge on any atom is -0.381 e. The highest BCUT2D eigenvalue weighted by atomic mass is 16.5. The van der Waals surface area contributed by atoms with Crippen LogP contribution >= 0.6 is 0 Å². The first-order valence-corrected chi connectivity index (χ1v) is 10.6. The molecule has 0 unspecified atom stereocenters. The van der Waals surface area contributed by atoms with Crippen molar-refractivity contribution in [2.45, 2.75) is 87.0 Å². The summed E-state index contributed by atoms with van der Waals surface area (Å²) in [6, 6.07) is -0.109. The van der Waals surface area contributed by atoms with E-state index in [4.69, 9.17) is 4.74 Å². The highest BCUT2D eigenvalue weighted by Crippen LogP contribution is 2.07. The summed E-state index contributed by atoms with van der Waals surface area (Å²) >= 11 is 0. The van der Waals surface area contributed by atoms with E-state index < -0.39 is 0 Å². The lowest BCUT2D eigenvalue weighted by molar-refractivity contribution is -0.107. The van der Waals surface area contributed by atoms with Gasteiger partial charge in [-0.25, -0.2) is 4.79 Å². The molecule has 0 aliphatic carbocycles. The number of nitrogens with zero attached hydrogens (tertiary/aromatic N) is 1. The average molecular weight is 375 g/mol. The van der Waals surface area contributed by atoms with Gasteiger partial charge in [-0.1, -0.05) is 48.5 Å². The van der Waals surface area contributed by atoms with Crippen LogP contribution in [0.1, 0.15) is 87.0 Å². The third-order valence-electron chi connectivity index (χ3n) is 3.06. The van der Waals surface area contributed by atoms with Crippen LogP contribution in [0, 0.1) is 5.92 Å². The largest absolute Gasteiger partial charge is 0.381 e. The summed E-state index contributed by atoms with van der Waals surface area (Å²) in [7, 11) is 0. The van der Waals surface area contributed by atoms with Gasteiger partial charge in [-0.15, -0.1) is 0 Å². The van der Waals surface area contributed by atoms with Crippen LogP contribution in [0.3, 0.4) is 0 Å². The molecule has 5 nitrogen and oxygen atoms in total. The monoisotopic (exact) mass is 374 g/mol. The second-order valence-electron chi connectivity index (χ2n) is 6.31. The molecular weight excluding hydrogens is 328 g/mol.